The van der Waals surface area contributed by atoms with Crippen LogP contribution in [-0.4, -0.2) is 18.1 Å². The van der Waals surface area contributed by atoms with Gasteiger partial charge in [0.1, 0.15) is 11.3 Å². The summed E-state index contributed by atoms with van der Waals surface area (Å²) < 4.78 is 18.9. The molecule has 1 aromatic heterocycles. The third-order valence-electron chi connectivity index (χ3n) is 4.23. The average Bonchev–Trinajstić information content (AvgIpc) is 2.97. The van der Waals surface area contributed by atoms with Crippen LogP contribution < -0.4 is 4.90 Å². The highest BCUT2D eigenvalue weighted by molar-refractivity contribution is 5.74. The van der Waals surface area contributed by atoms with Crippen LogP contribution in [0.4, 0.5) is 10.4 Å². The Morgan fingerprint density at radius 2 is 2.17 bits per heavy atom. The maximum absolute atomic E-state index is 13.1. The van der Waals surface area contributed by atoms with Crippen LogP contribution in [-0.2, 0) is 0 Å². The van der Waals surface area contributed by atoms with Crippen LogP contribution in [0, 0.1) is 11.2 Å². The van der Waals surface area contributed by atoms with Gasteiger partial charge in [-0.05, 0) is 43.2 Å². The van der Waals surface area contributed by atoms with Crippen molar-refractivity contribution in [2.45, 2.75) is 25.7 Å². The van der Waals surface area contributed by atoms with E-state index < -0.39 is 0 Å². The molecule has 4 heteroatoms. The Morgan fingerprint density at radius 1 is 1.28 bits per heavy atom. The second-order valence-electron chi connectivity index (χ2n) is 5.63. The Bertz CT molecular complexity index is 603. The summed E-state index contributed by atoms with van der Waals surface area (Å²) in [6.45, 7) is 2.04. The van der Waals surface area contributed by atoms with Crippen LogP contribution in [0.25, 0.3) is 11.1 Å². The van der Waals surface area contributed by atoms with E-state index in [-0.39, 0.29) is 5.82 Å². The van der Waals surface area contributed by atoms with Gasteiger partial charge < -0.3 is 9.32 Å². The third-order valence-corrected chi connectivity index (χ3v) is 4.23. The van der Waals surface area contributed by atoms with Gasteiger partial charge in [0, 0.05) is 19.2 Å². The Hall–Kier alpha value is -1.58. The molecule has 0 radical (unpaired) electrons. The molecule has 0 amide bonds. The monoisotopic (exact) mass is 246 g/mol. The normalized spacial score (nSPS) is 21.7. The minimum absolute atomic E-state index is 0.264. The predicted octanol–water partition coefficient (Wildman–Crippen LogP) is 3.35. The van der Waals surface area contributed by atoms with E-state index in [1.807, 2.05) is 0 Å². The SMILES string of the molecule is Fc1ccc2oc(N3CCCC4(CC4)C3)nc2c1. The standard InChI is InChI=1S/C14H15FN2O/c15-10-2-3-12-11(8-10)16-13(18-12)17-7-1-4-14(9-17)5-6-14/h2-3,8H,1,4-7,9H2. The van der Waals surface area contributed by atoms with Crippen molar-refractivity contribution in [1.82, 2.24) is 4.98 Å². The highest BCUT2D eigenvalue weighted by atomic mass is 19.1. The molecule has 0 bridgehead atoms. The third kappa shape index (κ3) is 1.59. The summed E-state index contributed by atoms with van der Waals surface area (Å²) in [6, 6.07) is 5.15. The maximum Gasteiger partial charge on any atom is 0.298 e. The molecule has 18 heavy (non-hydrogen) atoms. The van der Waals surface area contributed by atoms with Gasteiger partial charge in [-0.25, -0.2) is 4.39 Å². The van der Waals surface area contributed by atoms with Crippen molar-refractivity contribution in [1.29, 1.82) is 0 Å². The quantitative estimate of drug-likeness (QED) is 0.772. The fourth-order valence-electron chi connectivity index (χ4n) is 2.98. The summed E-state index contributed by atoms with van der Waals surface area (Å²) in [5.74, 6) is -0.264. The zero-order valence-electron chi connectivity index (χ0n) is 10.2. The second kappa shape index (κ2) is 3.46. The van der Waals surface area contributed by atoms with Crippen molar-refractivity contribution in [2.24, 2.45) is 5.41 Å². The number of anilines is 1. The van der Waals surface area contributed by atoms with Crippen LogP contribution >= 0.6 is 0 Å². The molecule has 1 saturated heterocycles. The number of aromatic nitrogens is 1. The number of benzene rings is 1. The van der Waals surface area contributed by atoms with E-state index in [9.17, 15) is 4.39 Å². The Kier molecular flexibility index (Phi) is 1.99. The fourth-order valence-corrected chi connectivity index (χ4v) is 2.98. The minimum atomic E-state index is -0.264. The summed E-state index contributed by atoms with van der Waals surface area (Å²) in [5.41, 5.74) is 1.81. The molecule has 0 atom stereocenters. The lowest BCUT2D eigenvalue weighted by Crippen LogP contribution is -2.36. The number of fused-ring (bicyclic) bond motifs is 1. The average molecular weight is 246 g/mol. The number of oxazole rings is 1. The highest BCUT2D eigenvalue weighted by Gasteiger charge is 2.46. The molecule has 0 unspecified atom stereocenters. The Labute approximate surface area is 105 Å². The molecule has 1 aromatic carbocycles. The number of halogens is 1. The van der Waals surface area contributed by atoms with Crippen molar-refractivity contribution in [2.75, 3.05) is 18.0 Å². The number of nitrogens with zero attached hydrogens (tertiary/aromatic N) is 2. The van der Waals surface area contributed by atoms with Crippen molar-refractivity contribution in [3.8, 4) is 0 Å². The van der Waals surface area contributed by atoms with Gasteiger partial charge in [0.05, 0.1) is 0 Å². The van der Waals surface area contributed by atoms with E-state index in [2.05, 4.69) is 9.88 Å². The van der Waals surface area contributed by atoms with E-state index in [1.54, 1.807) is 6.07 Å². The molecule has 94 valence electrons. The van der Waals surface area contributed by atoms with Crippen molar-refractivity contribution < 1.29 is 8.81 Å². The van der Waals surface area contributed by atoms with Gasteiger partial charge in [0.25, 0.3) is 6.01 Å². The first-order valence-corrected chi connectivity index (χ1v) is 6.55. The molecule has 2 aromatic rings. The molecule has 1 saturated carbocycles. The van der Waals surface area contributed by atoms with Gasteiger partial charge in [-0.2, -0.15) is 4.98 Å². The minimum Gasteiger partial charge on any atom is -0.423 e. The van der Waals surface area contributed by atoms with E-state index in [1.165, 1.54) is 37.8 Å². The number of hydrogen-bond donors (Lipinski definition) is 0. The van der Waals surface area contributed by atoms with Crippen molar-refractivity contribution >= 4 is 17.1 Å². The molecule has 1 aliphatic carbocycles. The van der Waals surface area contributed by atoms with E-state index in [0.717, 1.165) is 13.1 Å². The van der Waals surface area contributed by atoms with Crippen LogP contribution in [0.1, 0.15) is 25.7 Å². The summed E-state index contributed by atoms with van der Waals surface area (Å²) in [5, 5.41) is 0. The molecular formula is C14H15FN2O. The Morgan fingerprint density at radius 3 is 3.00 bits per heavy atom. The fraction of sp³-hybridized carbons (Fsp3) is 0.500. The first kappa shape index (κ1) is 10.4. The van der Waals surface area contributed by atoms with Gasteiger partial charge in [0.15, 0.2) is 5.58 Å². The van der Waals surface area contributed by atoms with Crippen molar-refractivity contribution in [3.63, 3.8) is 0 Å². The topological polar surface area (TPSA) is 29.3 Å². The molecule has 2 aliphatic rings. The lowest BCUT2D eigenvalue weighted by atomic mass is 9.95. The summed E-state index contributed by atoms with van der Waals surface area (Å²) in [6.07, 6.45) is 5.20. The summed E-state index contributed by atoms with van der Waals surface area (Å²) in [4.78, 5) is 6.63. The molecular weight excluding hydrogens is 231 g/mol. The van der Waals surface area contributed by atoms with Crippen LogP contribution in [0.5, 0.6) is 0 Å². The smallest absolute Gasteiger partial charge is 0.298 e. The van der Waals surface area contributed by atoms with Gasteiger partial charge >= 0.3 is 0 Å². The number of rotatable bonds is 1. The first-order chi connectivity index (χ1) is 8.74. The zero-order chi connectivity index (χ0) is 12.2. The molecule has 4 rings (SSSR count). The lowest BCUT2D eigenvalue weighted by molar-refractivity contribution is 0.377. The van der Waals surface area contributed by atoms with E-state index >= 15 is 0 Å². The molecule has 0 N–H and O–H groups in total. The van der Waals surface area contributed by atoms with Gasteiger partial charge in [-0.15, -0.1) is 0 Å². The lowest BCUT2D eigenvalue weighted by Gasteiger charge is -2.31. The number of piperidine rings is 1. The molecule has 2 fully saturated rings. The maximum atomic E-state index is 13.1. The van der Waals surface area contributed by atoms with Gasteiger partial charge in [-0.1, -0.05) is 0 Å². The molecule has 1 aliphatic heterocycles. The summed E-state index contributed by atoms with van der Waals surface area (Å²) in [7, 11) is 0. The summed E-state index contributed by atoms with van der Waals surface area (Å²) >= 11 is 0. The zero-order valence-corrected chi connectivity index (χ0v) is 10.2. The van der Waals surface area contributed by atoms with E-state index in [4.69, 9.17) is 4.42 Å². The largest absolute Gasteiger partial charge is 0.423 e. The van der Waals surface area contributed by atoms with Crippen LogP contribution in [0.2, 0.25) is 0 Å². The van der Waals surface area contributed by atoms with Crippen molar-refractivity contribution in [3.05, 3.63) is 24.0 Å². The van der Waals surface area contributed by atoms with Crippen LogP contribution in [0.3, 0.4) is 0 Å². The molecule has 2 heterocycles. The highest BCUT2D eigenvalue weighted by Crippen LogP contribution is 2.52. The van der Waals surface area contributed by atoms with E-state index in [0.29, 0.717) is 22.5 Å². The van der Waals surface area contributed by atoms with Crippen LogP contribution in [0.15, 0.2) is 22.6 Å². The van der Waals surface area contributed by atoms with Gasteiger partial charge in [-0.3, -0.25) is 0 Å². The second-order valence-corrected chi connectivity index (χ2v) is 5.63. The van der Waals surface area contributed by atoms with Gasteiger partial charge in [0.2, 0.25) is 0 Å². The predicted molar refractivity (Wildman–Crippen MR) is 67.1 cm³/mol. The molecule has 1 spiro atoms. The number of hydrogen-bond acceptors (Lipinski definition) is 3. The molecule has 3 nitrogen and oxygen atoms in total. The Balaban J connectivity index is 1.69. The first-order valence-electron chi connectivity index (χ1n) is 6.55.